The second kappa shape index (κ2) is 8.62. The molecule has 0 saturated carbocycles. The number of rotatable bonds is 7. The van der Waals surface area contributed by atoms with Crippen molar-refractivity contribution >= 4 is 23.3 Å². The van der Waals surface area contributed by atoms with Crippen molar-refractivity contribution in [2.24, 2.45) is 0 Å². The van der Waals surface area contributed by atoms with E-state index in [0.717, 1.165) is 17.7 Å². The molecule has 8 heteroatoms. The van der Waals surface area contributed by atoms with Gasteiger partial charge in [0.15, 0.2) is 5.65 Å². The molecule has 0 saturated heterocycles. The van der Waals surface area contributed by atoms with E-state index in [0.29, 0.717) is 17.3 Å². The van der Waals surface area contributed by atoms with Crippen LogP contribution < -0.4 is 5.32 Å². The van der Waals surface area contributed by atoms with Gasteiger partial charge in [0.05, 0.1) is 11.4 Å². The van der Waals surface area contributed by atoms with Gasteiger partial charge in [0.1, 0.15) is 0 Å². The van der Waals surface area contributed by atoms with Crippen LogP contribution in [0.5, 0.6) is 0 Å². The lowest BCUT2D eigenvalue weighted by molar-refractivity contribution is -0.118. The van der Waals surface area contributed by atoms with Gasteiger partial charge in [-0.1, -0.05) is 42.1 Å². The normalized spacial score (nSPS) is 10.9. The molecular formula is C20H18N6OS. The van der Waals surface area contributed by atoms with Gasteiger partial charge in [0.25, 0.3) is 0 Å². The number of fused-ring (bicyclic) bond motifs is 1. The molecule has 0 bridgehead atoms. The molecule has 0 atom stereocenters. The molecule has 0 aliphatic heterocycles. The molecule has 0 radical (unpaired) electrons. The molecule has 0 fully saturated rings. The van der Waals surface area contributed by atoms with Crippen LogP contribution in [0.1, 0.15) is 5.56 Å². The summed E-state index contributed by atoms with van der Waals surface area (Å²) in [4.78, 5) is 16.2. The highest BCUT2D eigenvalue weighted by molar-refractivity contribution is 7.99. The van der Waals surface area contributed by atoms with Crippen molar-refractivity contribution in [3.05, 3.63) is 72.6 Å². The Labute approximate surface area is 166 Å². The van der Waals surface area contributed by atoms with E-state index >= 15 is 0 Å². The number of benzene rings is 1. The van der Waals surface area contributed by atoms with Gasteiger partial charge in [0, 0.05) is 24.5 Å². The van der Waals surface area contributed by atoms with Gasteiger partial charge in [-0.15, -0.1) is 10.2 Å². The van der Waals surface area contributed by atoms with Gasteiger partial charge < -0.3 is 5.32 Å². The van der Waals surface area contributed by atoms with E-state index in [1.165, 1.54) is 17.3 Å². The predicted molar refractivity (Wildman–Crippen MR) is 108 cm³/mol. The van der Waals surface area contributed by atoms with Crippen LogP contribution in [0.15, 0.2) is 72.1 Å². The molecular weight excluding hydrogens is 372 g/mol. The lowest BCUT2D eigenvalue weighted by Gasteiger charge is -2.05. The molecule has 4 aromatic rings. The zero-order valence-electron chi connectivity index (χ0n) is 15.0. The first-order chi connectivity index (χ1) is 13.8. The third-order valence-corrected chi connectivity index (χ3v) is 5.04. The van der Waals surface area contributed by atoms with E-state index in [1.807, 2.05) is 42.5 Å². The molecule has 0 aliphatic rings. The SMILES string of the molecule is O=C(CSc1nnc2ccc(-c3ccncc3)nn12)NCCc1ccccc1. The largest absolute Gasteiger partial charge is 0.355 e. The van der Waals surface area contributed by atoms with E-state index in [4.69, 9.17) is 0 Å². The van der Waals surface area contributed by atoms with Crippen LogP contribution >= 0.6 is 11.8 Å². The summed E-state index contributed by atoms with van der Waals surface area (Å²) in [6, 6.07) is 17.6. The average molecular weight is 390 g/mol. The number of nitrogens with zero attached hydrogens (tertiary/aromatic N) is 5. The molecule has 0 unspecified atom stereocenters. The number of hydrogen-bond donors (Lipinski definition) is 1. The molecule has 28 heavy (non-hydrogen) atoms. The smallest absolute Gasteiger partial charge is 0.230 e. The molecule has 140 valence electrons. The highest BCUT2D eigenvalue weighted by Gasteiger charge is 2.11. The molecule has 7 nitrogen and oxygen atoms in total. The quantitative estimate of drug-likeness (QED) is 0.488. The van der Waals surface area contributed by atoms with Crippen LogP contribution in [0.25, 0.3) is 16.9 Å². The summed E-state index contributed by atoms with van der Waals surface area (Å²) in [6.45, 7) is 0.606. The highest BCUT2D eigenvalue weighted by Crippen LogP contribution is 2.20. The summed E-state index contributed by atoms with van der Waals surface area (Å²) >= 11 is 1.32. The van der Waals surface area contributed by atoms with Gasteiger partial charge in [0.2, 0.25) is 11.1 Å². The molecule has 1 amide bonds. The highest BCUT2D eigenvalue weighted by atomic mass is 32.2. The second-order valence-corrected chi connectivity index (χ2v) is 7.02. The Morgan fingerprint density at radius 3 is 2.64 bits per heavy atom. The summed E-state index contributed by atoms with van der Waals surface area (Å²) in [5, 5.41) is 16.4. The minimum absolute atomic E-state index is 0.0389. The fourth-order valence-electron chi connectivity index (χ4n) is 2.71. The summed E-state index contributed by atoms with van der Waals surface area (Å²) in [7, 11) is 0. The maximum atomic E-state index is 12.1. The van der Waals surface area contributed by atoms with Crippen LogP contribution in [0.3, 0.4) is 0 Å². The van der Waals surface area contributed by atoms with Gasteiger partial charge >= 0.3 is 0 Å². The van der Waals surface area contributed by atoms with Crippen LogP contribution in [-0.4, -0.2) is 43.0 Å². The lowest BCUT2D eigenvalue weighted by atomic mass is 10.1. The van der Waals surface area contributed by atoms with E-state index < -0.39 is 0 Å². The Bertz CT molecular complexity index is 1070. The summed E-state index contributed by atoms with van der Waals surface area (Å²) < 4.78 is 1.66. The Kier molecular flexibility index (Phi) is 5.58. The standard InChI is InChI=1S/C20H18N6OS/c27-19(22-13-8-15-4-2-1-3-5-15)14-28-20-24-23-18-7-6-17(25-26(18)20)16-9-11-21-12-10-16/h1-7,9-12H,8,13-14H2,(H,22,27). The van der Waals surface area contributed by atoms with Crippen molar-refractivity contribution in [3.8, 4) is 11.3 Å². The number of carbonyl (C=O) groups is 1. The maximum Gasteiger partial charge on any atom is 0.230 e. The van der Waals surface area contributed by atoms with Crippen LogP contribution in [0.2, 0.25) is 0 Å². The van der Waals surface area contributed by atoms with E-state index in [-0.39, 0.29) is 11.7 Å². The van der Waals surface area contributed by atoms with Gasteiger partial charge in [-0.3, -0.25) is 9.78 Å². The average Bonchev–Trinajstić information content (AvgIpc) is 3.16. The fraction of sp³-hybridized carbons (Fsp3) is 0.150. The zero-order chi connectivity index (χ0) is 19.2. The van der Waals surface area contributed by atoms with Gasteiger partial charge in [-0.2, -0.15) is 9.61 Å². The molecule has 1 N–H and O–H groups in total. The Hall–Kier alpha value is -3.26. The fourth-order valence-corrected chi connectivity index (χ4v) is 3.43. The number of nitrogens with one attached hydrogen (secondary N) is 1. The minimum Gasteiger partial charge on any atom is -0.355 e. The number of thioether (sulfide) groups is 1. The number of amides is 1. The molecule has 3 heterocycles. The van der Waals surface area contributed by atoms with Crippen molar-refractivity contribution in [1.82, 2.24) is 30.1 Å². The first-order valence-corrected chi connectivity index (χ1v) is 9.84. The van der Waals surface area contributed by atoms with Crippen LogP contribution in [0, 0.1) is 0 Å². The number of aromatic nitrogens is 5. The second-order valence-electron chi connectivity index (χ2n) is 6.08. The molecule has 1 aromatic carbocycles. The number of hydrogen-bond acceptors (Lipinski definition) is 6. The lowest BCUT2D eigenvalue weighted by Crippen LogP contribution is -2.27. The minimum atomic E-state index is -0.0389. The van der Waals surface area contributed by atoms with Crippen molar-refractivity contribution in [2.45, 2.75) is 11.6 Å². The third kappa shape index (κ3) is 4.34. The first-order valence-electron chi connectivity index (χ1n) is 8.86. The van der Waals surface area contributed by atoms with Crippen molar-refractivity contribution in [2.75, 3.05) is 12.3 Å². The van der Waals surface area contributed by atoms with Crippen LogP contribution in [0.4, 0.5) is 0 Å². The predicted octanol–water partition coefficient (Wildman–Crippen LogP) is 2.64. The first kappa shape index (κ1) is 18.1. The topological polar surface area (TPSA) is 85.1 Å². The Morgan fingerprint density at radius 1 is 1.00 bits per heavy atom. The van der Waals surface area contributed by atoms with Crippen LogP contribution in [-0.2, 0) is 11.2 Å². The van der Waals surface area contributed by atoms with Gasteiger partial charge in [-0.05, 0) is 36.2 Å². The number of pyridine rings is 1. The van der Waals surface area contributed by atoms with E-state index in [9.17, 15) is 4.79 Å². The Balaban J connectivity index is 1.37. The summed E-state index contributed by atoms with van der Waals surface area (Å²) in [6.07, 6.45) is 4.26. The molecule has 4 rings (SSSR count). The Morgan fingerprint density at radius 2 is 1.82 bits per heavy atom. The monoisotopic (exact) mass is 390 g/mol. The van der Waals surface area contributed by atoms with Gasteiger partial charge in [-0.25, -0.2) is 0 Å². The maximum absolute atomic E-state index is 12.1. The molecule has 0 spiro atoms. The van der Waals surface area contributed by atoms with Crippen molar-refractivity contribution < 1.29 is 4.79 Å². The molecule has 3 aromatic heterocycles. The summed E-state index contributed by atoms with van der Waals surface area (Å²) in [5.41, 5.74) is 3.60. The van der Waals surface area contributed by atoms with E-state index in [2.05, 4.69) is 37.7 Å². The molecule has 0 aliphatic carbocycles. The summed E-state index contributed by atoms with van der Waals surface area (Å²) in [5.74, 6) is 0.222. The number of carbonyl (C=O) groups excluding carboxylic acids is 1. The van der Waals surface area contributed by atoms with E-state index in [1.54, 1.807) is 16.9 Å². The third-order valence-electron chi connectivity index (χ3n) is 4.12. The zero-order valence-corrected chi connectivity index (χ0v) is 15.8. The van der Waals surface area contributed by atoms with Crippen molar-refractivity contribution in [3.63, 3.8) is 0 Å². The van der Waals surface area contributed by atoms with Crippen molar-refractivity contribution in [1.29, 1.82) is 0 Å².